The molecule has 1 aliphatic rings. The van der Waals surface area contributed by atoms with Crippen molar-refractivity contribution in [3.8, 4) is 34.2 Å². The predicted octanol–water partition coefficient (Wildman–Crippen LogP) is 19.3. The van der Waals surface area contributed by atoms with E-state index in [-0.39, 0.29) is 5.92 Å². The number of hydrogen-bond donors (Lipinski definition) is 0. The van der Waals surface area contributed by atoms with Crippen molar-refractivity contribution in [3.05, 3.63) is 272 Å². The highest BCUT2D eigenvalue weighted by Gasteiger charge is 2.26. The summed E-state index contributed by atoms with van der Waals surface area (Å²) in [6, 6.07) is 91.3. The van der Waals surface area contributed by atoms with Crippen molar-refractivity contribution in [1.29, 1.82) is 0 Å². The van der Waals surface area contributed by atoms with Gasteiger partial charge in [-0.05, 0) is 154 Å². The van der Waals surface area contributed by atoms with E-state index in [1.54, 1.807) is 0 Å². The summed E-state index contributed by atoms with van der Waals surface area (Å²) in [5.74, 6) is 0.824. The van der Waals surface area contributed by atoms with Crippen LogP contribution in [0, 0.1) is 0 Å². The van der Waals surface area contributed by atoms with Gasteiger partial charge in [-0.3, -0.25) is 4.57 Å². The van der Waals surface area contributed by atoms with Crippen LogP contribution in [0.15, 0.2) is 255 Å². The van der Waals surface area contributed by atoms with Gasteiger partial charge in [0.2, 0.25) is 5.95 Å². The van der Waals surface area contributed by atoms with Crippen molar-refractivity contribution in [2.24, 2.45) is 0 Å². The molecule has 0 radical (unpaired) electrons. The van der Waals surface area contributed by atoms with Gasteiger partial charge in [-0.2, -0.15) is 0 Å². The molecule has 0 spiro atoms. The van der Waals surface area contributed by atoms with E-state index in [1.807, 2.05) is 0 Å². The molecule has 0 N–H and O–H groups in total. The van der Waals surface area contributed by atoms with Crippen LogP contribution in [0.1, 0.15) is 22.7 Å². The van der Waals surface area contributed by atoms with E-state index in [2.05, 4.69) is 270 Å². The molecule has 0 fully saturated rings. The number of para-hydroxylation sites is 2. The lowest BCUT2D eigenvalue weighted by Crippen LogP contribution is -2.07. The molecule has 1 atom stereocenters. The summed E-state index contributed by atoms with van der Waals surface area (Å²) in [5.41, 5.74) is 12.3. The molecule has 13 aromatic carbocycles. The maximum Gasteiger partial charge on any atom is 0.235 e. The molecule has 4 nitrogen and oxygen atoms in total. The summed E-state index contributed by atoms with van der Waals surface area (Å²) in [5, 5.41) is 21.0. The Hall–Kier alpha value is -10.2. The fraction of sp³-hybridized carbons (Fsp3) is 0.0270. The summed E-state index contributed by atoms with van der Waals surface area (Å²) in [4.78, 5) is 11.2. The number of aromatic nitrogens is 4. The fourth-order valence-electron chi connectivity index (χ4n) is 13.4. The molecule has 362 valence electrons. The third-order valence-electron chi connectivity index (χ3n) is 17.0. The van der Waals surface area contributed by atoms with E-state index in [1.165, 1.54) is 120 Å². The Morgan fingerprint density at radius 1 is 0.321 bits per heavy atom. The number of allylic oxidation sites excluding steroid dienone is 1. The average molecular weight is 991 g/mol. The molecule has 1 unspecified atom stereocenters. The highest BCUT2D eigenvalue weighted by molar-refractivity contribution is 6.27. The Balaban J connectivity index is 0.849. The fourth-order valence-corrected chi connectivity index (χ4v) is 13.4. The Morgan fingerprint density at radius 2 is 0.782 bits per heavy atom. The quantitative estimate of drug-likeness (QED) is 0.161. The molecule has 1 aliphatic carbocycles. The third kappa shape index (κ3) is 6.41. The van der Waals surface area contributed by atoms with Crippen LogP contribution in [0.25, 0.3) is 148 Å². The van der Waals surface area contributed by atoms with Crippen LogP contribution in [0.3, 0.4) is 0 Å². The lowest BCUT2D eigenvalue weighted by molar-refractivity contribution is 0.826. The van der Waals surface area contributed by atoms with Crippen LogP contribution in [0.5, 0.6) is 0 Å². The first-order valence-electron chi connectivity index (χ1n) is 27.1. The standard InChI is InChI=1S/C74H46N4/c1-2-16-46-39-51(34-29-45(46)15-1)77-70-27-13-11-25-62(70)66-40-47(32-37-72(66)77)48-33-38-73-67(41-48)63-26-12-14-28-71(63)78(73)74-75-68(49-30-35-60-56-21-5-3-17-52(56)54-19-7-9-23-58(54)64(60)42-49)44-69(76-74)50-31-36-61-57-22-6-4-18-53(57)55-20-8-10-24-59(55)65(61)43-50/h1-39,41-44,47H,40H2. The summed E-state index contributed by atoms with van der Waals surface area (Å²) in [6.07, 6.45) is 5.69. The first-order valence-corrected chi connectivity index (χ1v) is 27.1. The second-order valence-electron chi connectivity index (χ2n) is 21.2. The van der Waals surface area contributed by atoms with Crippen molar-refractivity contribution in [2.45, 2.75) is 12.3 Å². The second kappa shape index (κ2) is 16.7. The third-order valence-corrected chi connectivity index (χ3v) is 17.0. The molecule has 3 aromatic heterocycles. The summed E-state index contributed by atoms with van der Waals surface area (Å²) >= 11 is 0. The lowest BCUT2D eigenvalue weighted by Gasteiger charge is -2.20. The number of hydrogen-bond acceptors (Lipinski definition) is 2. The lowest BCUT2D eigenvalue weighted by atomic mass is 9.86. The van der Waals surface area contributed by atoms with Crippen molar-refractivity contribution in [3.63, 3.8) is 0 Å². The molecule has 78 heavy (non-hydrogen) atoms. The first kappa shape index (κ1) is 43.1. The first-order chi connectivity index (χ1) is 38.7. The number of fused-ring (bicyclic) bond motifs is 19. The molecule has 0 bridgehead atoms. The highest BCUT2D eigenvalue weighted by atomic mass is 15.2. The molecular formula is C74H46N4. The molecule has 0 saturated carbocycles. The van der Waals surface area contributed by atoms with E-state index in [0.717, 1.165) is 40.0 Å². The maximum atomic E-state index is 5.62. The Kier molecular flexibility index (Phi) is 9.21. The van der Waals surface area contributed by atoms with Gasteiger partial charge in [-0.25, -0.2) is 9.97 Å². The molecule has 4 heteroatoms. The minimum atomic E-state index is 0.188. The van der Waals surface area contributed by atoms with Gasteiger partial charge in [-0.1, -0.05) is 200 Å². The minimum absolute atomic E-state index is 0.188. The second-order valence-corrected chi connectivity index (χ2v) is 21.2. The number of benzene rings is 13. The summed E-state index contributed by atoms with van der Waals surface area (Å²) in [6.45, 7) is 0. The Morgan fingerprint density at radius 3 is 1.36 bits per heavy atom. The number of rotatable bonds is 5. The van der Waals surface area contributed by atoms with E-state index >= 15 is 0 Å². The Bertz CT molecular complexity index is 5020. The maximum absolute atomic E-state index is 5.62. The topological polar surface area (TPSA) is 35.6 Å². The summed E-state index contributed by atoms with van der Waals surface area (Å²) < 4.78 is 4.74. The molecule has 0 amide bonds. The van der Waals surface area contributed by atoms with Crippen LogP contribution in [0.4, 0.5) is 0 Å². The zero-order valence-electron chi connectivity index (χ0n) is 42.4. The van der Waals surface area contributed by atoms with Gasteiger partial charge < -0.3 is 4.57 Å². The van der Waals surface area contributed by atoms with E-state index < -0.39 is 0 Å². The predicted molar refractivity (Wildman–Crippen MR) is 329 cm³/mol. The van der Waals surface area contributed by atoms with Crippen LogP contribution in [0.2, 0.25) is 0 Å². The zero-order chi connectivity index (χ0) is 51.0. The van der Waals surface area contributed by atoms with Gasteiger partial charge in [0, 0.05) is 44.6 Å². The van der Waals surface area contributed by atoms with Crippen LogP contribution in [-0.4, -0.2) is 19.1 Å². The Labute approximate surface area is 449 Å². The molecular weight excluding hydrogens is 945 g/mol. The molecule has 16 aromatic rings. The van der Waals surface area contributed by atoms with Crippen molar-refractivity contribution >= 4 is 114 Å². The van der Waals surface area contributed by atoms with Gasteiger partial charge in [0.25, 0.3) is 0 Å². The van der Waals surface area contributed by atoms with Crippen molar-refractivity contribution in [1.82, 2.24) is 19.1 Å². The monoisotopic (exact) mass is 990 g/mol. The van der Waals surface area contributed by atoms with Crippen molar-refractivity contribution < 1.29 is 0 Å². The molecule has 3 heterocycles. The number of nitrogens with zero attached hydrogens (tertiary/aromatic N) is 4. The van der Waals surface area contributed by atoms with Crippen molar-refractivity contribution in [2.75, 3.05) is 0 Å². The zero-order valence-corrected chi connectivity index (χ0v) is 42.4. The van der Waals surface area contributed by atoms with Gasteiger partial charge in [-0.15, -0.1) is 0 Å². The van der Waals surface area contributed by atoms with E-state index in [9.17, 15) is 0 Å². The van der Waals surface area contributed by atoms with Gasteiger partial charge in [0.15, 0.2) is 0 Å². The normalized spacial score (nSPS) is 13.7. The van der Waals surface area contributed by atoms with E-state index in [4.69, 9.17) is 9.97 Å². The highest BCUT2D eigenvalue weighted by Crippen LogP contribution is 2.43. The SMILES string of the molecule is C1=CC(c2ccc3c(c2)c2ccccc2n3-c2nc(-c3ccc4c5ccccc5c5ccccc5c4c3)cc(-c3ccc4c5ccccc5c5ccccc5c4c3)n2)Cc2c1n(-c1ccc3ccccc3c1)c1ccccc21. The van der Waals surface area contributed by atoms with Crippen LogP contribution >= 0.6 is 0 Å². The van der Waals surface area contributed by atoms with Crippen LogP contribution < -0.4 is 0 Å². The van der Waals surface area contributed by atoms with Crippen LogP contribution in [-0.2, 0) is 6.42 Å². The smallest absolute Gasteiger partial charge is 0.235 e. The van der Waals surface area contributed by atoms with Gasteiger partial charge >= 0.3 is 0 Å². The van der Waals surface area contributed by atoms with Gasteiger partial charge in [0.1, 0.15) is 0 Å². The van der Waals surface area contributed by atoms with E-state index in [0.29, 0.717) is 5.95 Å². The molecule has 17 rings (SSSR count). The largest absolute Gasteiger partial charge is 0.310 e. The van der Waals surface area contributed by atoms with Gasteiger partial charge in [0.05, 0.1) is 27.9 Å². The minimum Gasteiger partial charge on any atom is -0.310 e. The average Bonchev–Trinajstić information content (AvgIpc) is 4.21. The molecule has 0 aliphatic heterocycles. The summed E-state index contributed by atoms with van der Waals surface area (Å²) in [7, 11) is 0. The molecule has 0 saturated heterocycles.